The van der Waals surface area contributed by atoms with Gasteiger partial charge in [0.15, 0.2) is 0 Å². The highest BCUT2D eigenvalue weighted by Gasteiger charge is 2.30. The van der Waals surface area contributed by atoms with Gasteiger partial charge in [-0.15, -0.1) is 0 Å². The number of nitrogens with zero attached hydrogens (tertiary/aromatic N) is 3. The van der Waals surface area contributed by atoms with Gasteiger partial charge in [-0.25, -0.2) is 9.78 Å². The Morgan fingerprint density at radius 1 is 1.17 bits per heavy atom. The van der Waals surface area contributed by atoms with Crippen molar-refractivity contribution in [2.24, 2.45) is 0 Å². The predicted octanol–water partition coefficient (Wildman–Crippen LogP) is 4.81. The Labute approximate surface area is 177 Å². The molecule has 6 nitrogen and oxygen atoms in total. The van der Waals surface area contributed by atoms with E-state index in [2.05, 4.69) is 47.1 Å². The lowest BCUT2D eigenvalue weighted by Gasteiger charge is -2.24. The number of hydrogen-bond donors (Lipinski definition) is 1. The summed E-state index contributed by atoms with van der Waals surface area (Å²) in [7, 11) is 0. The summed E-state index contributed by atoms with van der Waals surface area (Å²) in [5, 5.41) is 3.59. The highest BCUT2D eigenvalue weighted by molar-refractivity contribution is 5.79. The van der Waals surface area contributed by atoms with Crippen molar-refractivity contribution in [1.82, 2.24) is 14.5 Å². The first-order chi connectivity index (χ1) is 14.3. The molecule has 1 unspecified atom stereocenters. The Morgan fingerprint density at radius 2 is 1.90 bits per heavy atom. The Morgan fingerprint density at radius 3 is 2.67 bits per heavy atom. The molecular weight excluding hydrogens is 376 g/mol. The number of anilines is 1. The molecule has 0 radical (unpaired) electrons. The molecule has 0 saturated carbocycles. The van der Waals surface area contributed by atoms with Gasteiger partial charge in [-0.2, -0.15) is 0 Å². The maximum absolute atomic E-state index is 12.4. The lowest BCUT2D eigenvalue weighted by Crippen LogP contribution is -2.36. The Bertz CT molecular complexity index is 1050. The first-order valence-corrected chi connectivity index (χ1v) is 10.5. The molecule has 4 rings (SSSR count). The van der Waals surface area contributed by atoms with E-state index in [4.69, 9.17) is 9.72 Å². The van der Waals surface area contributed by atoms with E-state index in [0.29, 0.717) is 13.1 Å². The summed E-state index contributed by atoms with van der Waals surface area (Å²) >= 11 is 0. The minimum absolute atomic E-state index is 0.143. The van der Waals surface area contributed by atoms with Crippen LogP contribution in [0, 0.1) is 6.92 Å². The van der Waals surface area contributed by atoms with E-state index in [0.717, 1.165) is 29.9 Å². The largest absolute Gasteiger partial charge is 0.444 e. The first kappa shape index (κ1) is 20.3. The van der Waals surface area contributed by atoms with Crippen LogP contribution in [-0.4, -0.2) is 45.3 Å². The molecule has 1 aliphatic rings. The molecule has 158 valence electrons. The number of aromatic nitrogens is 2. The van der Waals surface area contributed by atoms with Crippen LogP contribution in [0.3, 0.4) is 0 Å². The average Bonchev–Trinajstić information content (AvgIpc) is 3.28. The van der Waals surface area contributed by atoms with Crippen LogP contribution in [-0.2, 0) is 11.3 Å². The van der Waals surface area contributed by atoms with Gasteiger partial charge in [-0.3, -0.25) is 0 Å². The van der Waals surface area contributed by atoms with Gasteiger partial charge in [-0.1, -0.05) is 36.4 Å². The zero-order valence-corrected chi connectivity index (χ0v) is 18.2. The van der Waals surface area contributed by atoms with Crippen LogP contribution in [0.2, 0.25) is 0 Å². The van der Waals surface area contributed by atoms with Crippen LogP contribution in [0.25, 0.3) is 11.0 Å². The maximum atomic E-state index is 12.4. The van der Waals surface area contributed by atoms with Crippen molar-refractivity contribution in [1.29, 1.82) is 0 Å². The summed E-state index contributed by atoms with van der Waals surface area (Å²) in [5.41, 5.74) is 4.12. The fourth-order valence-electron chi connectivity index (χ4n) is 3.86. The lowest BCUT2D eigenvalue weighted by atomic mass is 10.1. The van der Waals surface area contributed by atoms with E-state index < -0.39 is 5.60 Å². The number of hydrogen-bond acceptors (Lipinski definition) is 4. The number of amides is 1. The third-order valence-corrected chi connectivity index (χ3v) is 5.42. The Hall–Kier alpha value is -3.02. The maximum Gasteiger partial charge on any atom is 0.410 e. The summed E-state index contributed by atoms with van der Waals surface area (Å²) in [4.78, 5) is 19.0. The number of nitrogens with one attached hydrogen (secondary N) is 1. The van der Waals surface area contributed by atoms with E-state index in [1.165, 1.54) is 11.1 Å². The molecule has 3 aromatic rings. The quantitative estimate of drug-likeness (QED) is 0.675. The topological polar surface area (TPSA) is 59.4 Å². The summed E-state index contributed by atoms with van der Waals surface area (Å²) in [5.74, 6) is 0.843. The van der Waals surface area contributed by atoms with E-state index in [1.807, 2.05) is 39.0 Å². The Kier molecular flexibility index (Phi) is 5.41. The summed E-state index contributed by atoms with van der Waals surface area (Å²) in [6.07, 6.45) is 0.618. The molecule has 30 heavy (non-hydrogen) atoms. The smallest absolute Gasteiger partial charge is 0.410 e. The monoisotopic (exact) mass is 406 g/mol. The fraction of sp³-hybridized carbons (Fsp3) is 0.417. The molecule has 0 spiro atoms. The minimum Gasteiger partial charge on any atom is -0.444 e. The lowest BCUT2D eigenvalue weighted by molar-refractivity contribution is 0.0293. The molecule has 1 saturated heterocycles. The van der Waals surface area contributed by atoms with Crippen LogP contribution < -0.4 is 5.32 Å². The summed E-state index contributed by atoms with van der Waals surface area (Å²) in [6, 6.07) is 16.8. The third-order valence-electron chi connectivity index (χ3n) is 5.42. The van der Waals surface area contributed by atoms with E-state index in [1.54, 1.807) is 4.90 Å². The van der Waals surface area contributed by atoms with Crippen molar-refractivity contribution in [2.75, 3.05) is 18.4 Å². The zero-order valence-electron chi connectivity index (χ0n) is 18.2. The molecule has 2 aromatic carbocycles. The second-order valence-electron chi connectivity index (χ2n) is 8.99. The van der Waals surface area contributed by atoms with Crippen LogP contribution in [0.5, 0.6) is 0 Å². The van der Waals surface area contributed by atoms with Crippen molar-refractivity contribution in [2.45, 2.75) is 52.3 Å². The second kappa shape index (κ2) is 8.01. The van der Waals surface area contributed by atoms with Gasteiger partial charge in [0.25, 0.3) is 0 Å². The van der Waals surface area contributed by atoms with Gasteiger partial charge in [0.1, 0.15) is 5.60 Å². The van der Waals surface area contributed by atoms with Crippen LogP contribution in [0.15, 0.2) is 48.5 Å². The fourth-order valence-corrected chi connectivity index (χ4v) is 3.86. The normalized spacial score (nSPS) is 16.8. The number of aryl methyl sites for hydroxylation is 1. The number of rotatable bonds is 4. The summed E-state index contributed by atoms with van der Waals surface area (Å²) < 4.78 is 7.75. The zero-order chi connectivity index (χ0) is 21.3. The number of fused-ring (bicyclic) bond motifs is 1. The molecular formula is C24H30N4O2. The van der Waals surface area contributed by atoms with Gasteiger partial charge < -0.3 is 19.5 Å². The van der Waals surface area contributed by atoms with E-state index >= 15 is 0 Å². The second-order valence-corrected chi connectivity index (χ2v) is 8.99. The van der Waals surface area contributed by atoms with Crippen LogP contribution >= 0.6 is 0 Å². The molecule has 6 heteroatoms. The highest BCUT2D eigenvalue weighted by atomic mass is 16.6. The number of carbonyl (C=O) groups excluding carboxylic acids is 1. The molecule has 1 atom stereocenters. The third kappa shape index (κ3) is 4.42. The van der Waals surface area contributed by atoms with Gasteiger partial charge >= 0.3 is 6.09 Å². The van der Waals surface area contributed by atoms with Crippen molar-refractivity contribution >= 4 is 23.1 Å². The van der Waals surface area contributed by atoms with Crippen LogP contribution in [0.1, 0.15) is 38.3 Å². The molecule has 1 amide bonds. The van der Waals surface area contributed by atoms with E-state index in [-0.39, 0.29) is 12.1 Å². The Balaban J connectivity index is 1.55. The first-order valence-electron chi connectivity index (χ1n) is 10.5. The minimum atomic E-state index is -0.482. The molecule has 0 aliphatic carbocycles. The van der Waals surface area contributed by atoms with Crippen molar-refractivity contribution in [3.63, 3.8) is 0 Å². The molecule has 1 fully saturated rings. The van der Waals surface area contributed by atoms with Crippen molar-refractivity contribution < 1.29 is 9.53 Å². The summed E-state index contributed by atoms with van der Waals surface area (Å²) in [6.45, 7) is 9.86. The number of imidazole rings is 1. The number of likely N-dealkylation sites (tertiary alicyclic amines) is 1. The number of para-hydroxylation sites is 2. The van der Waals surface area contributed by atoms with Crippen LogP contribution in [0.4, 0.5) is 10.7 Å². The van der Waals surface area contributed by atoms with Gasteiger partial charge in [-0.05, 0) is 57.4 Å². The van der Waals surface area contributed by atoms with Gasteiger partial charge in [0.05, 0.1) is 17.6 Å². The van der Waals surface area contributed by atoms with Crippen molar-refractivity contribution in [3.8, 4) is 0 Å². The molecule has 1 aliphatic heterocycles. The molecule has 1 aromatic heterocycles. The predicted molar refractivity (Wildman–Crippen MR) is 120 cm³/mol. The molecule has 2 heterocycles. The SMILES string of the molecule is Cc1ccccc1Cn1c(NC2CCN(C(=O)OC(C)(C)C)C2)nc2ccccc21. The number of ether oxygens (including phenoxy) is 1. The highest BCUT2D eigenvalue weighted by Crippen LogP contribution is 2.25. The molecule has 1 N–H and O–H groups in total. The average molecular weight is 407 g/mol. The van der Waals surface area contributed by atoms with Gasteiger partial charge in [0, 0.05) is 19.1 Å². The number of carbonyl (C=O) groups is 1. The number of benzene rings is 2. The molecule has 0 bridgehead atoms. The standard InChI is InChI=1S/C24H30N4O2/c1-17-9-5-6-10-18(17)15-28-21-12-8-7-11-20(21)26-22(28)25-19-13-14-27(16-19)23(29)30-24(2,3)4/h5-12,19H,13-16H2,1-4H3,(H,25,26). The van der Waals surface area contributed by atoms with Crippen molar-refractivity contribution in [3.05, 3.63) is 59.7 Å². The van der Waals surface area contributed by atoms with E-state index in [9.17, 15) is 4.79 Å². The van der Waals surface area contributed by atoms with Gasteiger partial charge in [0.2, 0.25) is 5.95 Å².